The maximum Gasteiger partial charge on any atom is 0.202 e. The molecule has 2 heterocycles. The summed E-state index contributed by atoms with van der Waals surface area (Å²) in [6.45, 7) is 5.89. The minimum atomic E-state index is -0.867. The summed E-state index contributed by atoms with van der Waals surface area (Å²) in [4.78, 5) is 0. The van der Waals surface area contributed by atoms with Gasteiger partial charge in [0.1, 0.15) is 12.2 Å². The molecule has 0 saturated carbocycles. The van der Waals surface area contributed by atoms with Crippen LogP contribution in [0.25, 0.3) is 0 Å². The molecule has 1 N–H and O–H groups in total. The van der Waals surface area contributed by atoms with E-state index in [-0.39, 0.29) is 12.0 Å². The average Bonchev–Trinajstić information content (AvgIpc) is 2.97. The topological polar surface area (TPSA) is 47.9 Å². The molecular formula is C17H30O4. The Morgan fingerprint density at radius 2 is 1.86 bits per heavy atom. The van der Waals surface area contributed by atoms with Crippen LogP contribution in [-0.4, -0.2) is 42.9 Å². The maximum atomic E-state index is 10.5. The van der Waals surface area contributed by atoms with E-state index in [4.69, 9.17) is 14.2 Å². The number of unbranched alkanes of at least 4 members (excludes halogenated alkanes) is 5. The van der Waals surface area contributed by atoms with Crippen molar-refractivity contribution in [2.45, 2.75) is 70.4 Å². The van der Waals surface area contributed by atoms with E-state index in [0.29, 0.717) is 19.8 Å². The van der Waals surface area contributed by atoms with Crippen LogP contribution in [0.1, 0.15) is 52.4 Å². The minimum Gasteiger partial charge on any atom is -0.384 e. The third-order valence-corrected chi connectivity index (χ3v) is 4.49. The van der Waals surface area contributed by atoms with Crippen LogP contribution >= 0.6 is 0 Å². The van der Waals surface area contributed by atoms with Crippen LogP contribution in [0.4, 0.5) is 0 Å². The van der Waals surface area contributed by atoms with Gasteiger partial charge in [-0.2, -0.15) is 0 Å². The van der Waals surface area contributed by atoms with Gasteiger partial charge in [-0.3, -0.25) is 0 Å². The first kappa shape index (κ1) is 16.9. The Kier molecular flexibility index (Phi) is 6.68. The highest BCUT2D eigenvalue weighted by Crippen LogP contribution is 2.38. The van der Waals surface area contributed by atoms with Gasteiger partial charge < -0.3 is 19.3 Å². The molecular weight excluding hydrogens is 268 g/mol. The second-order valence-electron chi connectivity index (χ2n) is 6.19. The highest BCUT2D eigenvalue weighted by Gasteiger charge is 2.54. The van der Waals surface area contributed by atoms with Gasteiger partial charge >= 0.3 is 0 Å². The first-order valence-corrected chi connectivity index (χ1v) is 8.45. The smallest absolute Gasteiger partial charge is 0.202 e. The second-order valence-corrected chi connectivity index (χ2v) is 6.19. The molecule has 2 rings (SSSR count). The first-order chi connectivity index (χ1) is 10.2. The van der Waals surface area contributed by atoms with Crippen molar-refractivity contribution in [1.82, 2.24) is 0 Å². The van der Waals surface area contributed by atoms with Crippen molar-refractivity contribution in [3.8, 4) is 0 Å². The molecule has 2 aliphatic rings. The van der Waals surface area contributed by atoms with Crippen molar-refractivity contribution in [3.63, 3.8) is 0 Å². The first-order valence-electron chi connectivity index (χ1n) is 8.45. The van der Waals surface area contributed by atoms with E-state index in [0.717, 1.165) is 6.42 Å². The maximum absolute atomic E-state index is 10.5. The Labute approximate surface area is 128 Å². The fourth-order valence-corrected chi connectivity index (χ4v) is 3.14. The number of aliphatic hydroxyl groups excluding tert-OH is 1. The fraction of sp³-hybridized carbons (Fsp3) is 0.882. The van der Waals surface area contributed by atoms with Crippen LogP contribution in [0.15, 0.2) is 12.2 Å². The van der Waals surface area contributed by atoms with Gasteiger partial charge in [0.25, 0.3) is 0 Å². The third-order valence-electron chi connectivity index (χ3n) is 4.49. The predicted molar refractivity (Wildman–Crippen MR) is 82.1 cm³/mol. The lowest BCUT2D eigenvalue weighted by Gasteiger charge is -2.44. The van der Waals surface area contributed by atoms with E-state index in [9.17, 15) is 5.11 Å². The molecule has 0 amide bonds. The van der Waals surface area contributed by atoms with Gasteiger partial charge in [0.15, 0.2) is 0 Å². The van der Waals surface area contributed by atoms with E-state index in [1.807, 2.05) is 13.0 Å². The van der Waals surface area contributed by atoms with E-state index in [1.165, 1.54) is 32.1 Å². The number of hydrogen-bond acceptors (Lipinski definition) is 4. The van der Waals surface area contributed by atoms with Crippen LogP contribution < -0.4 is 0 Å². The highest BCUT2D eigenvalue weighted by atomic mass is 16.8. The number of aliphatic hydroxyl groups is 1. The van der Waals surface area contributed by atoms with Gasteiger partial charge in [0, 0.05) is 5.92 Å². The lowest BCUT2D eigenvalue weighted by molar-refractivity contribution is -0.301. The van der Waals surface area contributed by atoms with E-state index in [2.05, 4.69) is 13.0 Å². The predicted octanol–water partition coefficient (Wildman–Crippen LogP) is 3.04. The van der Waals surface area contributed by atoms with Crippen LogP contribution in [0.2, 0.25) is 0 Å². The molecule has 0 aliphatic carbocycles. The van der Waals surface area contributed by atoms with E-state index < -0.39 is 11.9 Å². The molecule has 0 aromatic carbocycles. The third kappa shape index (κ3) is 4.07. The van der Waals surface area contributed by atoms with Crippen LogP contribution in [-0.2, 0) is 14.2 Å². The molecule has 4 heteroatoms. The van der Waals surface area contributed by atoms with E-state index >= 15 is 0 Å². The molecule has 0 unspecified atom stereocenters. The SMILES string of the molecule is CCCCCCCC=C[C@@H]1OC[C@H](C)C2(OCCO2)[C@H]1O. The molecule has 2 saturated heterocycles. The summed E-state index contributed by atoms with van der Waals surface area (Å²) in [6, 6.07) is 0. The van der Waals surface area contributed by atoms with Crippen molar-refractivity contribution in [1.29, 1.82) is 0 Å². The zero-order valence-electron chi connectivity index (χ0n) is 13.4. The van der Waals surface area contributed by atoms with Gasteiger partial charge in [0.05, 0.1) is 19.8 Å². The molecule has 1 spiro atoms. The Morgan fingerprint density at radius 3 is 2.57 bits per heavy atom. The Hall–Kier alpha value is -0.420. The van der Waals surface area contributed by atoms with Crippen molar-refractivity contribution < 1.29 is 19.3 Å². The van der Waals surface area contributed by atoms with Gasteiger partial charge in [-0.25, -0.2) is 0 Å². The average molecular weight is 298 g/mol. The number of allylic oxidation sites excluding steroid dienone is 1. The lowest BCUT2D eigenvalue weighted by atomic mass is 9.89. The summed E-state index contributed by atoms with van der Waals surface area (Å²) in [5.74, 6) is -0.817. The molecule has 0 aromatic heterocycles. The highest BCUT2D eigenvalue weighted by molar-refractivity contribution is 5.03. The summed E-state index contributed by atoms with van der Waals surface area (Å²) >= 11 is 0. The van der Waals surface area contributed by atoms with Gasteiger partial charge in [-0.1, -0.05) is 51.7 Å². The number of hydrogen-bond donors (Lipinski definition) is 1. The van der Waals surface area contributed by atoms with Crippen LogP contribution in [0, 0.1) is 5.92 Å². The molecule has 0 bridgehead atoms. The van der Waals surface area contributed by atoms with Gasteiger partial charge in [-0.15, -0.1) is 0 Å². The quantitative estimate of drug-likeness (QED) is 0.580. The van der Waals surface area contributed by atoms with Crippen LogP contribution in [0.3, 0.4) is 0 Å². The summed E-state index contributed by atoms with van der Waals surface area (Å²) in [6.07, 6.45) is 10.5. The zero-order valence-corrected chi connectivity index (χ0v) is 13.4. The molecule has 2 fully saturated rings. The lowest BCUT2D eigenvalue weighted by Crippen LogP contribution is -2.59. The number of ether oxygens (including phenoxy) is 3. The largest absolute Gasteiger partial charge is 0.384 e. The van der Waals surface area contributed by atoms with E-state index in [1.54, 1.807) is 0 Å². The normalized spacial score (nSPS) is 32.2. The second kappa shape index (κ2) is 8.28. The standard InChI is InChI=1S/C17H30O4/c1-3-4-5-6-7-8-9-10-15-16(18)17(14(2)13-19-15)20-11-12-21-17/h9-10,14-16,18H,3-8,11-13H2,1-2H3/t14-,15-,16-/m0/s1. The molecule has 3 atom stereocenters. The van der Waals surface area contributed by atoms with Crippen LogP contribution in [0.5, 0.6) is 0 Å². The summed E-state index contributed by atoms with van der Waals surface area (Å²) in [5, 5.41) is 10.5. The molecule has 2 aliphatic heterocycles. The molecule has 21 heavy (non-hydrogen) atoms. The molecule has 0 aromatic rings. The summed E-state index contributed by atoms with van der Waals surface area (Å²) in [7, 11) is 0. The number of rotatable bonds is 7. The minimum absolute atomic E-state index is 0.0497. The Bertz CT molecular complexity index is 323. The van der Waals surface area contributed by atoms with Crippen molar-refractivity contribution in [3.05, 3.63) is 12.2 Å². The van der Waals surface area contributed by atoms with Crippen molar-refractivity contribution in [2.24, 2.45) is 5.92 Å². The van der Waals surface area contributed by atoms with Crippen molar-refractivity contribution >= 4 is 0 Å². The monoisotopic (exact) mass is 298 g/mol. The fourth-order valence-electron chi connectivity index (χ4n) is 3.14. The Balaban J connectivity index is 1.78. The zero-order chi connectivity index (χ0) is 15.1. The van der Waals surface area contributed by atoms with Crippen molar-refractivity contribution in [2.75, 3.05) is 19.8 Å². The summed E-state index contributed by atoms with van der Waals surface area (Å²) < 4.78 is 17.2. The summed E-state index contributed by atoms with van der Waals surface area (Å²) in [5.41, 5.74) is 0. The molecule has 4 nitrogen and oxygen atoms in total. The van der Waals surface area contributed by atoms with Gasteiger partial charge in [0.2, 0.25) is 5.79 Å². The van der Waals surface area contributed by atoms with Gasteiger partial charge in [-0.05, 0) is 12.8 Å². The molecule has 0 radical (unpaired) electrons. The Morgan fingerprint density at radius 1 is 1.14 bits per heavy atom. The molecule has 122 valence electrons.